The second-order valence-electron chi connectivity index (χ2n) is 11.9. The van der Waals surface area contributed by atoms with Gasteiger partial charge in [0.15, 0.2) is 6.10 Å². The highest BCUT2D eigenvalue weighted by molar-refractivity contribution is 8.00. The van der Waals surface area contributed by atoms with Gasteiger partial charge in [-0.05, 0) is 74.4 Å². The summed E-state index contributed by atoms with van der Waals surface area (Å²) in [6.07, 6.45) is 1.85. The number of hydrogen-bond donors (Lipinski definition) is 4. The van der Waals surface area contributed by atoms with Crippen LogP contribution >= 0.6 is 11.8 Å². The molecule has 1 fully saturated rings. The number of carbonyl (C=O) groups excluding carboxylic acids is 3. The molecule has 3 aromatic carbocycles. The van der Waals surface area contributed by atoms with Gasteiger partial charge in [0.25, 0.3) is 5.91 Å². The third-order valence-corrected chi connectivity index (χ3v) is 9.45. The Labute approximate surface area is 265 Å². The van der Waals surface area contributed by atoms with E-state index >= 15 is 0 Å². The third-order valence-electron chi connectivity index (χ3n) is 8.07. The summed E-state index contributed by atoms with van der Waals surface area (Å²) >= 11 is 1.49. The second-order valence-corrected chi connectivity index (χ2v) is 13.5. The van der Waals surface area contributed by atoms with E-state index in [1.807, 2.05) is 99.6 Å². The van der Waals surface area contributed by atoms with Crippen molar-refractivity contribution in [2.45, 2.75) is 82.9 Å². The lowest BCUT2D eigenvalue weighted by molar-refractivity contribution is -0.147. The van der Waals surface area contributed by atoms with Crippen LogP contribution in [0, 0.1) is 6.92 Å². The molecule has 0 spiro atoms. The Balaban J connectivity index is 1.48. The Kier molecular flexibility index (Phi) is 11.5. The predicted molar refractivity (Wildman–Crippen MR) is 177 cm³/mol. The maximum absolute atomic E-state index is 13.9. The summed E-state index contributed by atoms with van der Waals surface area (Å²) in [5.74, 6) is -0.628. The van der Waals surface area contributed by atoms with E-state index in [9.17, 15) is 19.5 Å². The van der Waals surface area contributed by atoms with Gasteiger partial charge in [-0.3, -0.25) is 9.59 Å². The Morgan fingerprint density at radius 2 is 1.66 bits per heavy atom. The van der Waals surface area contributed by atoms with Crippen LogP contribution in [0.25, 0.3) is 0 Å². The van der Waals surface area contributed by atoms with Gasteiger partial charge in [0.2, 0.25) is 5.91 Å². The number of nitrogens with one attached hydrogen (secondary N) is 3. The normalized spacial score (nSPS) is 17.0. The van der Waals surface area contributed by atoms with Gasteiger partial charge in [0, 0.05) is 17.0 Å². The summed E-state index contributed by atoms with van der Waals surface area (Å²) in [6, 6.07) is 22.6. The van der Waals surface area contributed by atoms with Crippen molar-refractivity contribution in [2.75, 3.05) is 11.2 Å². The zero-order valence-corrected chi connectivity index (χ0v) is 26.8. The Hall–Kier alpha value is -3.82. The van der Waals surface area contributed by atoms with Crippen LogP contribution in [-0.2, 0) is 29.0 Å². The molecule has 1 aliphatic rings. The van der Waals surface area contributed by atoms with Crippen molar-refractivity contribution in [3.63, 3.8) is 0 Å². The smallest absolute Gasteiger partial charge is 0.319 e. The number of nitrogens with zero attached hydrogens (tertiary/aromatic N) is 1. The molecule has 9 heteroatoms. The van der Waals surface area contributed by atoms with E-state index in [2.05, 4.69) is 22.9 Å². The number of anilines is 1. The molecule has 3 aromatic rings. The van der Waals surface area contributed by atoms with E-state index in [1.165, 1.54) is 22.2 Å². The first-order valence-electron chi connectivity index (χ1n) is 15.2. The molecule has 234 valence electrons. The summed E-state index contributed by atoms with van der Waals surface area (Å²) in [6.45, 7) is 8.33. The van der Waals surface area contributed by atoms with Gasteiger partial charge in [0.05, 0.1) is 11.9 Å². The molecule has 1 saturated heterocycles. The van der Waals surface area contributed by atoms with Gasteiger partial charge in [0.1, 0.15) is 6.04 Å². The van der Waals surface area contributed by atoms with Crippen molar-refractivity contribution < 1.29 is 19.5 Å². The molecule has 4 amide bonds. The maximum Gasteiger partial charge on any atom is 0.319 e. The molecule has 4 rings (SSSR count). The van der Waals surface area contributed by atoms with Crippen molar-refractivity contribution in [1.29, 1.82) is 0 Å². The highest BCUT2D eigenvalue weighted by Gasteiger charge is 2.49. The molecular weight excluding hydrogens is 572 g/mol. The van der Waals surface area contributed by atoms with Gasteiger partial charge in [-0.15, -0.1) is 11.8 Å². The molecular formula is C35H44N4O4S. The van der Waals surface area contributed by atoms with E-state index in [-0.39, 0.29) is 18.2 Å². The average molecular weight is 617 g/mol. The third kappa shape index (κ3) is 8.64. The largest absolute Gasteiger partial charge is 0.381 e. The maximum atomic E-state index is 13.9. The number of thioether (sulfide) groups is 1. The number of benzene rings is 3. The van der Waals surface area contributed by atoms with Crippen LogP contribution < -0.4 is 16.0 Å². The number of urea groups is 1. The van der Waals surface area contributed by atoms with Crippen molar-refractivity contribution in [3.05, 3.63) is 101 Å². The van der Waals surface area contributed by atoms with Gasteiger partial charge in [-0.25, -0.2) is 4.79 Å². The van der Waals surface area contributed by atoms with Gasteiger partial charge >= 0.3 is 6.03 Å². The van der Waals surface area contributed by atoms with E-state index < -0.39 is 34.9 Å². The fourth-order valence-electron chi connectivity index (χ4n) is 5.42. The number of carbonyl (C=O) groups is 3. The van der Waals surface area contributed by atoms with Crippen molar-refractivity contribution in [3.8, 4) is 0 Å². The summed E-state index contributed by atoms with van der Waals surface area (Å²) in [7, 11) is 0. The minimum atomic E-state index is -1.57. The zero-order chi connectivity index (χ0) is 31.7. The summed E-state index contributed by atoms with van der Waals surface area (Å²) in [5.41, 5.74) is 4.73. The first-order chi connectivity index (χ1) is 21.1. The van der Waals surface area contributed by atoms with Crippen LogP contribution in [-0.4, -0.2) is 56.7 Å². The van der Waals surface area contributed by atoms with Gasteiger partial charge in [-0.1, -0.05) is 80.1 Å². The molecule has 0 saturated carbocycles. The number of aliphatic hydroxyl groups excluding tert-OH is 1. The molecule has 0 aliphatic carbocycles. The van der Waals surface area contributed by atoms with E-state index in [4.69, 9.17) is 0 Å². The van der Waals surface area contributed by atoms with Crippen LogP contribution in [0.15, 0.2) is 78.9 Å². The van der Waals surface area contributed by atoms with E-state index in [0.717, 1.165) is 36.0 Å². The SMILES string of the molecule is CCCCc1ccc(NC(=O)N[C@@H](Cc2ccccc2)[C@H](O)C(=O)N2CSC(C)(C)[C@H]2C(=O)NCc2ccccc2C)cc1. The first kappa shape index (κ1) is 33.1. The first-order valence-corrected chi connectivity index (χ1v) is 16.2. The van der Waals surface area contributed by atoms with Gasteiger partial charge < -0.3 is 26.0 Å². The van der Waals surface area contributed by atoms with Crippen LogP contribution in [0.1, 0.15) is 55.9 Å². The molecule has 44 heavy (non-hydrogen) atoms. The number of rotatable bonds is 12. The van der Waals surface area contributed by atoms with Gasteiger partial charge in [-0.2, -0.15) is 0 Å². The van der Waals surface area contributed by atoms with Crippen LogP contribution in [0.2, 0.25) is 0 Å². The second kappa shape index (κ2) is 15.3. The summed E-state index contributed by atoms with van der Waals surface area (Å²) in [5, 5.41) is 20.1. The predicted octanol–water partition coefficient (Wildman–Crippen LogP) is 5.43. The van der Waals surface area contributed by atoms with E-state index in [1.54, 1.807) is 0 Å². The lowest BCUT2D eigenvalue weighted by Crippen LogP contribution is -2.59. The number of unbranched alkanes of at least 4 members (excludes halogenated alkanes) is 1. The lowest BCUT2D eigenvalue weighted by Gasteiger charge is -2.33. The molecule has 0 bridgehead atoms. The molecule has 1 heterocycles. The molecule has 8 nitrogen and oxygen atoms in total. The average Bonchev–Trinajstić information content (AvgIpc) is 3.34. The monoisotopic (exact) mass is 616 g/mol. The highest BCUT2D eigenvalue weighted by Crippen LogP contribution is 2.40. The fourth-order valence-corrected chi connectivity index (χ4v) is 6.56. The highest BCUT2D eigenvalue weighted by atomic mass is 32.2. The Morgan fingerprint density at radius 1 is 0.977 bits per heavy atom. The number of aryl methyl sites for hydroxylation is 2. The van der Waals surface area contributed by atoms with Crippen LogP contribution in [0.3, 0.4) is 0 Å². The minimum Gasteiger partial charge on any atom is -0.381 e. The summed E-state index contributed by atoms with van der Waals surface area (Å²) in [4.78, 5) is 42.0. The van der Waals surface area contributed by atoms with Crippen LogP contribution in [0.4, 0.5) is 10.5 Å². The molecule has 0 aromatic heterocycles. The standard InChI is InChI=1S/C35H44N4O4S/c1-5-6-13-25-17-19-28(20-18-25)37-34(43)38-29(21-26-14-8-7-9-15-26)30(40)33(42)39-23-44-35(3,4)31(39)32(41)36-22-27-16-11-10-12-24(27)2/h7-12,14-20,29-31,40H,5-6,13,21-23H2,1-4H3,(H,36,41)(H2,37,38,43)/t29-,30-,31+/m0/s1. The number of amides is 4. The van der Waals surface area contributed by atoms with E-state index in [0.29, 0.717) is 12.2 Å². The minimum absolute atomic E-state index is 0.228. The van der Waals surface area contributed by atoms with Crippen molar-refractivity contribution in [2.24, 2.45) is 0 Å². The molecule has 0 unspecified atom stereocenters. The topological polar surface area (TPSA) is 111 Å². The van der Waals surface area contributed by atoms with Crippen molar-refractivity contribution >= 4 is 35.3 Å². The molecule has 0 radical (unpaired) electrons. The quantitative estimate of drug-likeness (QED) is 0.217. The number of hydrogen-bond acceptors (Lipinski definition) is 5. The zero-order valence-electron chi connectivity index (χ0n) is 26.0. The molecule has 1 aliphatic heterocycles. The van der Waals surface area contributed by atoms with Crippen LogP contribution in [0.5, 0.6) is 0 Å². The molecule has 3 atom stereocenters. The fraction of sp³-hybridized carbons (Fsp3) is 0.400. The Bertz CT molecular complexity index is 1410. The van der Waals surface area contributed by atoms with Crippen molar-refractivity contribution in [1.82, 2.24) is 15.5 Å². The lowest BCUT2D eigenvalue weighted by atomic mass is 9.97. The molecule has 4 N–H and O–H groups in total. The number of aliphatic hydroxyl groups is 1. The summed E-state index contributed by atoms with van der Waals surface area (Å²) < 4.78 is -0.575. The Morgan fingerprint density at radius 3 is 2.34 bits per heavy atom.